The van der Waals surface area contributed by atoms with Gasteiger partial charge in [-0.05, 0) is 57.8 Å². The molecule has 0 amide bonds. The van der Waals surface area contributed by atoms with Gasteiger partial charge >= 0.3 is 0 Å². The number of likely N-dealkylation sites (tertiary alicyclic amines) is 1. The van der Waals surface area contributed by atoms with Crippen LogP contribution in [0, 0.1) is 5.92 Å². The molecular formula is C19H29N5. The lowest BCUT2D eigenvalue weighted by atomic mass is 9.93. The van der Waals surface area contributed by atoms with Crippen LogP contribution in [0.15, 0.2) is 30.6 Å². The van der Waals surface area contributed by atoms with Crippen molar-refractivity contribution in [1.29, 1.82) is 0 Å². The summed E-state index contributed by atoms with van der Waals surface area (Å²) >= 11 is 0. The third kappa shape index (κ3) is 3.66. The smallest absolute Gasteiger partial charge is 0.0979 e. The summed E-state index contributed by atoms with van der Waals surface area (Å²) in [4.78, 5) is 7.08. The van der Waals surface area contributed by atoms with Crippen LogP contribution in [0.25, 0.3) is 0 Å². The first-order chi connectivity index (χ1) is 11.6. The van der Waals surface area contributed by atoms with Crippen molar-refractivity contribution < 1.29 is 0 Å². The van der Waals surface area contributed by atoms with E-state index >= 15 is 0 Å². The van der Waals surface area contributed by atoms with Gasteiger partial charge in [0, 0.05) is 24.4 Å². The predicted molar refractivity (Wildman–Crippen MR) is 95.9 cm³/mol. The molecule has 3 heterocycles. The van der Waals surface area contributed by atoms with Gasteiger partial charge in [-0.15, -0.1) is 5.10 Å². The molecule has 0 aliphatic carbocycles. The maximum atomic E-state index is 4.53. The third-order valence-electron chi connectivity index (χ3n) is 5.11. The Morgan fingerprint density at radius 2 is 1.83 bits per heavy atom. The van der Waals surface area contributed by atoms with Gasteiger partial charge in [0.1, 0.15) is 0 Å². The first kappa shape index (κ1) is 17.1. The molecule has 3 rings (SSSR count). The number of aromatic nitrogens is 4. The van der Waals surface area contributed by atoms with E-state index in [1.807, 2.05) is 23.0 Å². The minimum atomic E-state index is 0.142. The average Bonchev–Trinajstić information content (AvgIpc) is 3.05. The Morgan fingerprint density at radius 1 is 1.08 bits per heavy atom. The normalized spacial score (nSPS) is 18.4. The van der Waals surface area contributed by atoms with Crippen LogP contribution in [0.1, 0.15) is 63.9 Å². The second-order valence-corrected chi connectivity index (χ2v) is 7.47. The Hall–Kier alpha value is -1.75. The Balaban J connectivity index is 1.75. The molecule has 1 atom stereocenters. The highest BCUT2D eigenvalue weighted by atomic mass is 15.4. The van der Waals surface area contributed by atoms with Crippen LogP contribution < -0.4 is 0 Å². The van der Waals surface area contributed by atoms with Crippen LogP contribution in [0.5, 0.6) is 0 Å². The van der Waals surface area contributed by atoms with Gasteiger partial charge in [-0.25, -0.2) is 4.68 Å². The summed E-state index contributed by atoms with van der Waals surface area (Å²) in [6, 6.07) is 6.85. The summed E-state index contributed by atoms with van der Waals surface area (Å²) in [7, 11) is 0. The van der Waals surface area contributed by atoms with E-state index < -0.39 is 0 Å². The molecule has 1 saturated heterocycles. The predicted octanol–water partition coefficient (Wildman–Crippen LogP) is 3.51. The molecule has 0 N–H and O–H groups in total. The highest BCUT2D eigenvalue weighted by Crippen LogP contribution is 2.29. The zero-order chi connectivity index (χ0) is 17.1. The number of nitrogens with zero attached hydrogens (tertiary/aromatic N) is 5. The summed E-state index contributed by atoms with van der Waals surface area (Å²) in [5.74, 6) is 0.947. The van der Waals surface area contributed by atoms with Gasteiger partial charge in [0.25, 0.3) is 0 Å². The molecule has 1 fully saturated rings. The van der Waals surface area contributed by atoms with Crippen molar-refractivity contribution in [2.75, 3.05) is 13.1 Å². The van der Waals surface area contributed by atoms with E-state index in [2.05, 4.69) is 60.2 Å². The highest BCUT2D eigenvalue weighted by Gasteiger charge is 2.26. The topological polar surface area (TPSA) is 46.8 Å². The van der Waals surface area contributed by atoms with Crippen molar-refractivity contribution in [3.05, 3.63) is 42.0 Å². The molecule has 5 heteroatoms. The second-order valence-electron chi connectivity index (χ2n) is 7.47. The van der Waals surface area contributed by atoms with Crippen molar-refractivity contribution >= 4 is 0 Å². The van der Waals surface area contributed by atoms with Crippen LogP contribution in [0.2, 0.25) is 0 Å². The van der Waals surface area contributed by atoms with E-state index in [9.17, 15) is 0 Å². The second kappa shape index (κ2) is 7.43. The molecule has 0 radical (unpaired) electrons. The first-order valence-corrected chi connectivity index (χ1v) is 9.13. The molecule has 0 bridgehead atoms. The Labute approximate surface area is 145 Å². The lowest BCUT2D eigenvalue weighted by molar-refractivity contribution is 0.171. The van der Waals surface area contributed by atoms with E-state index in [-0.39, 0.29) is 6.04 Å². The van der Waals surface area contributed by atoms with Gasteiger partial charge in [0.05, 0.1) is 17.4 Å². The fourth-order valence-electron chi connectivity index (χ4n) is 3.66. The Kier molecular flexibility index (Phi) is 5.29. The van der Waals surface area contributed by atoms with Crippen LogP contribution in [-0.4, -0.2) is 44.0 Å². The summed E-state index contributed by atoms with van der Waals surface area (Å²) in [6.07, 6.45) is 6.35. The van der Waals surface area contributed by atoms with Gasteiger partial charge in [0.15, 0.2) is 0 Å². The molecule has 2 aromatic rings. The molecule has 5 nitrogen and oxygen atoms in total. The number of rotatable bonds is 5. The number of piperidine rings is 1. The van der Waals surface area contributed by atoms with Gasteiger partial charge in [-0.2, -0.15) is 0 Å². The largest absolute Gasteiger partial charge is 0.301 e. The molecule has 130 valence electrons. The lowest BCUT2D eigenvalue weighted by Gasteiger charge is -2.33. The van der Waals surface area contributed by atoms with E-state index in [1.165, 1.54) is 12.8 Å². The molecule has 0 unspecified atom stereocenters. The van der Waals surface area contributed by atoms with Gasteiger partial charge in [-0.3, -0.25) is 4.98 Å². The quantitative estimate of drug-likeness (QED) is 0.843. The number of hydrogen-bond donors (Lipinski definition) is 0. The molecule has 24 heavy (non-hydrogen) atoms. The lowest BCUT2D eigenvalue weighted by Crippen LogP contribution is -2.37. The minimum absolute atomic E-state index is 0.142. The van der Waals surface area contributed by atoms with Crippen LogP contribution in [0.4, 0.5) is 0 Å². The van der Waals surface area contributed by atoms with Crippen LogP contribution in [-0.2, 0) is 0 Å². The molecule has 0 aromatic carbocycles. The fourth-order valence-corrected chi connectivity index (χ4v) is 3.66. The van der Waals surface area contributed by atoms with E-state index in [0.29, 0.717) is 17.9 Å². The van der Waals surface area contributed by atoms with E-state index in [1.54, 1.807) is 0 Å². The zero-order valence-electron chi connectivity index (χ0n) is 15.3. The Morgan fingerprint density at radius 3 is 2.42 bits per heavy atom. The molecule has 2 aromatic heterocycles. The fraction of sp³-hybridized carbons (Fsp3) is 0.632. The average molecular weight is 327 g/mol. The summed E-state index contributed by atoms with van der Waals surface area (Å²) < 4.78 is 2.01. The van der Waals surface area contributed by atoms with E-state index in [0.717, 1.165) is 24.5 Å². The molecule has 0 saturated carbocycles. The van der Waals surface area contributed by atoms with Crippen molar-refractivity contribution in [2.24, 2.45) is 5.92 Å². The maximum Gasteiger partial charge on any atom is 0.0979 e. The number of hydrogen-bond acceptors (Lipinski definition) is 4. The van der Waals surface area contributed by atoms with Crippen molar-refractivity contribution in [3.63, 3.8) is 0 Å². The van der Waals surface area contributed by atoms with Crippen molar-refractivity contribution in [3.8, 4) is 0 Å². The number of pyridine rings is 1. The summed E-state index contributed by atoms with van der Waals surface area (Å²) in [6.45, 7) is 11.3. The van der Waals surface area contributed by atoms with E-state index in [4.69, 9.17) is 0 Å². The van der Waals surface area contributed by atoms with Crippen LogP contribution >= 0.6 is 0 Å². The van der Waals surface area contributed by atoms with Crippen molar-refractivity contribution in [2.45, 2.75) is 58.5 Å². The molecule has 0 spiro atoms. The SMILES string of the molecule is CC(C)[C@H](c1ccccn1)n1cc(C2CCN(C(C)C)CC2)nn1. The van der Waals surface area contributed by atoms with Gasteiger partial charge in [0.2, 0.25) is 0 Å². The third-order valence-corrected chi connectivity index (χ3v) is 5.11. The summed E-state index contributed by atoms with van der Waals surface area (Å²) in [5.41, 5.74) is 2.19. The highest BCUT2D eigenvalue weighted by molar-refractivity contribution is 5.12. The standard InChI is InChI=1S/C19H29N5/c1-14(2)19(17-7-5-6-10-20-17)24-13-18(21-22-24)16-8-11-23(12-9-16)15(3)4/h5-7,10,13-16,19H,8-9,11-12H2,1-4H3/t19-/m1/s1. The zero-order valence-corrected chi connectivity index (χ0v) is 15.3. The van der Waals surface area contributed by atoms with Crippen molar-refractivity contribution in [1.82, 2.24) is 24.9 Å². The molecular weight excluding hydrogens is 298 g/mol. The van der Waals surface area contributed by atoms with Crippen LogP contribution in [0.3, 0.4) is 0 Å². The molecule has 1 aliphatic rings. The van der Waals surface area contributed by atoms with Gasteiger partial charge < -0.3 is 4.90 Å². The molecule has 1 aliphatic heterocycles. The minimum Gasteiger partial charge on any atom is -0.301 e. The summed E-state index contributed by atoms with van der Waals surface area (Å²) in [5, 5.41) is 8.96. The first-order valence-electron chi connectivity index (χ1n) is 9.13. The monoisotopic (exact) mass is 327 g/mol. The maximum absolute atomic E-state index is 4.53. The Bertz CT molecular complexity index is 626. The van der Waals surface area contributed by atoms with Gasteiger partial charge in [-0.1, -0.05) is 25.1 Å².